The molecule has 2 aliphatic rings. The number of carbonyl (C=O) groups is 1. The van der Waals surface area contributed by atoms with Gasteiger partial charge in [0.2, 0.25) is 0 Å². The highest BCUT2D eigenvalue weighted by Crippen LogP contribution is 2.19. The number of hydrogen-bond donors (Lipinski definition) is 1. The Bertz CT molecular complexity index is 225. The Morgan fingerprint density at radius 3 is 2.43 bits per heavy atom. The minimum Gasteiger partial charge on any atom is -0.326 e. The molecule has 0 radical (unpaired) electrons. The average Bonchev–Trinajstić information content (AvgIpc) is 2.77. The van der Waals surface area contributed by atoms with Crippen LogP contribution in [0.4, 0.5) is 4.79 Å². The van der Waals surface area contributed by atoms with Gasteiger partial charge in [0.1, 0.15) is 0 Å². The molecule has 2 atom stereocenters. The van der Waals surface area contributed by atoms with Crippen LogP contribution in [0.2, 0.25) is 0 Å². The minimum atomic E-state index is 0.168. The third-order valence-corrected chi connectivity index (χ3v) is 3.44. The van der Waals surface area contributed by atoms with Crippen LogP contribution in [-0.4, -0.2) is 47.5 Å². The fourth-order valence-corrected chi connectivity index (χ4v) is 2.32. The molecule has 4 nitrogen and oxygen atoms in total. The zero-order chi connectivity index (χ0) is 10.1. The minimum absolute atomic E-state index is 0.168. The quantitative estimate of drug-likeness (QED) is 0.619. The van der Waals surface area contributed by atoms with Crippen LogP contribution in [0.3, 0.4) is 0 Å². The molecule has 2 amide bonds. The van der Waals surface area contributed by atoms with Crippen LogP contribution in [0.25, 0.3) is 0 Å². The van der Waals surface area contributed by atoms with Gasteiger partial charge >= 0.3 is 6.03 Å². The van der Waals surface area contributed by atoms with Crippen LogP contribution >= 0.6 is 0 Å². The molecule has 2 fully saturated rings. The van der Waals surface area contributed by atoms with E-state index in [1.807, 2.05) is 16.7 Å². The second kappa shape index (κ2) is 3.77. The van der Waals surface area contributed by atoms with Gasteiger partial charge in [-0.2, -0.15) is 0 Å². The van der Waals surface area contributed by atoms with E-state index in [-0.39, 0.29) is 18.1 Å². The van der Waals surface area contributed by atoms with Crippen molar-refractivity contribution in [2.45, 2.75) is 38.3 Å². The Balaban J connectivity index is 1.97. The number of likely N-dealkylation sites (tertiary alicyclic amines) is 2. The fraction of sp³-hybridized carbons (Fsp3) is 0.900. The van der Waals surface area contributed by atoms with Crippen molar-refractivity contribution < 1.29 is 4.79 Å². The molecule has 0 spiro atoms. The smallest absolute Gasteiger partial charge is 0.320 e. The van der Waals surface area contributed by atoms with E-state index in [1.54, 1.807) is 0 Å². The first kappa shape index (κ1) is 9.77. The Hall–Kier alpha value is -0.770. The summed E-state index contributed by atoms with van der Waals surface area (Å²) in [5.74, 6) is 0. The van der Waals surface area contributed by atoms with Gasteiger partial charge in [0, 0.05) is 31.7 Å². The molecule has 2 saturated heterocycles. The lowest BCUT2D eigenvalue weighted by Crippen LogP contribution is -2.46. The van der Waals surface area contributed by atoms with Crippen molar-refractivity contribution in [3.05, 3.63) is 0 Å². The van der Waals surface area contributed by atoms with Crippen molar-refractivity contribution in [2.24, 2.45) is 5.73 Å². The lowest BCUT2D eigenvalue weighted by atomic mass is 10.2. The summed E-state index contributed by atoms with van der Waals surface area (Å²) in [7, 11) is 0. The summed E-state index contributed by atoms with van der Waals surface area (Å²) in [4.78, 5) is 15.9. The number of amides is 2. The van der Waals surface area contributed by atoms with Crippen LogP contribution in [0.1, 0.15) is 26.2 Å². The van der Waals surface area contributed by atoms with Crippen LogP contribution in [-0.2, 0) is 0 Å². The maximum atomic E-state index is 12.0. The maximum absolute atomic E-state index is 12.0. The third kappa shape index (κ3) is 1.59. The molecule has 0 aromatic rings. The van der Waals surface area contributed by atoms with E-state index in [1.165, 1.54) is 0 Å². The molecule has 0 aromatic heterocycles. The van der Waals surface area contributed by atoms with Gasteiger partial charge in [0.25, 0.3) is 0 Å². The summed E-state index contributed by atoms with van der Waals surface area (Å²) in [6.07, 6.45) is 3.25. The number of rotatable bonds is 0. The number of carbonyl (C=O) groups excluding carboxylic acids is 1. The Morgan fingerprint density at radius 1 is 1.29 bits per heavy atom. The van der Waals surface area contributed by atoms with Gasteiger partial charge in [-0.3, -0.25) is 0 Å². The van der Waals surface area contributed by atoms with Crippen molar-refractivity contribution in [3.8, 4) is 0 Å². The largest absolute Gasteiger partial charge is 0.326 e. The second-order valence-corrected chi connectivity index (χ2v) is 4.36. The van der Waals surface area contributed by atoms with E-state index < -0.39 is 0 Å². The highest BCUT2D eigenvalue weighted by molar-refractivity contribution is 5.75. The van der Waals surface area contributed by atoms with Gasteiger partial charge in [0.05, 0.1) is 0 Å². The summed E-state index contributed by atoms with van der Waals surface area (Å²) in [6, 6.07) is 0.576. The first-order chi connectivity index (χ1) is 6.70. The molecular weight excluding hydrogens is 178 g/mol. The van der Waals surface area contributed by atoms with Gasteiger partial charge in [-0.15, -0.1) is 0 Å². The molecule has 2 heterocycles. The number of nitrogens with two attached hydrogens (primary N) is 1. The second-order valence-electron chi connectivity index (χ2n) is 4.36. The zero-order valence-electron chi connectivity index (χ0n) is 8.78. The fourth-order valence-electron chi connectivity index (χ4n) is 2.32. The molecule has 2 rings (SSSR count). The van der Waals surface area contributed by atoms with Gasteiger partial charge < -0.3 is 15.5 Å². The zero-order valence-corrected chi connectivity index (χ0v) is 8.78. The molecule has 0 saturated carbocycles. The van der Waals surface area contributed by atoms with Crippen molar-refractivity contribution in [2.75, 3.05) is 19.6 Å². The number of hydrogen-bond acceptors (Lipinski definition) is 2. The molecule has 0 aliphatic carbocycles. The van der Waals surface area contributed by atoms with E-state index in [9.17, 15) is 4.79 Å². The predicted molar refractivity (Wildman–Crippen MR) is 55.0 cm³/mol. The van der Waals surface area contributed by atoms with Crippen molar-refractivity contribution >= 4 is 6.03 Å². The number of urea groups is 1. The lowest BCUT2D eigenvalue weighted by molar-refractivity contribution is 0.159. The molecule has 0 aromatic carbocycles. The van der Waals surface area contributed by atoms with E-state index in [4.69, 9.17) is 5.73 Å². The summed E-state index contributed by atoms with van der Waals surface area (Å²) in [6.45, 7) is 4.73. The first-order valence-corrected chi connectivity index (χ1v) is 5.51. The normalized spacial score (nSPS) is 32.7. The first-order valence-electron chi connectivity index (χ1n) is 5.51. The van der Waals surface area contributed by atoms with Crippen molar-refractivity contribution in [1.29, 1.82) is 0 Å². The van der Waals surface area contributed by atoms with Crippen molar-refractivity contribution in [1.82, 2.24) is 9.80 Å². The molecule has 4 heteroatoms. The Labute approximate surface area is 85.0 Å². The summed E-state index contributed by atoms with van der Waals surface area (Å²) >= 11 is 0. The third-order valence-electron chi connectivity index (χ3n) is 3.44. The standard InChI is InChI=1S/C10H19N3O/c1-8-9(11)4-7-13(8)10(14)12-5-2-3-6-12/h8-9H,2-7,11H2,1H3. The molecule has 2 aliphatic heterocycles. The molecular formula is C10H19N3O. The van der Waals surface area contributed by atoms with Gasteiger partial charge in [-0.05, 0) is 26.2 Å². The van der Waals surface area contributed by atoms with Crippen LogP contribution in [0.15, 0.2) is 0 Å². The monoisotopic (exact) mass is 197 g/mol. The van der Waals surface area contributed by atoms with Crippen LogP contribution in [0.5, 0.6) is 0 Å². The van der Waals surface area contributed by atoms with Gasteiger partial charge in [-0.1, -0.05) is 0 Å². The molecule has 2 N–H and O–H groups in total. The summed E-state index contributed by atoms with van der Waals surface area (Å²) < 4.78 is 0. The van der Waals surface area contributed by atoms with Gasteiger partial charge in [0.15, 0.2) is 0 Å². The molecule has 2 unspecified atom stereocenters. The highest BCUT2D eigenvalue weighted by Gasteiger charge is 2.34. The van der Waals surface area contributed by atoms with E-state index >= 15 is 0 Å². The van der Waals surface area contributed by atoms with Crippen molar-refractivity contribution in [3.63, 3.8) is 0 Å². The molecule has 80 valence electrons. The predicted octanol–water partition coefficient (Wildman–Crippen LogP) is 0.624. The Morgan fingerprint density at radius 2 is 1.93 bits per heavy atom. The topological polar surface area (TPSA) is 49.6 Å². The summed E-state index contributed by atoms with van der Waals surface area (Å²) in [5.41, 5.74) is 5.89. The molecule has 14 heavy (non-hydrogen) atoms. The summed E-state index contributed by atoms with van der Waals surface area (Å²) in [5, 5.41) is 0. The SMILES string of the molecule is CC1C(N)CCN1C(=O)N1CCCC1. The average molecular weight is 197 g/mol. The lowest BCUT2D eigenvalue weighted by Gasteiger charge is -2.28. The van der Waals surface area contributed by atoms with E-state index in [0.29, 0.717) is 0 Å². The Kier molecular flexibility index (Phi) is 2.63. The maximum Gasteiger partial charge on any atom is 0.320 e. The number of nitrogens with zero attached hydrogens (tertiary/aromatic N) is 2. The van der Waals surface area contributed by atoms with Gasteiger partial charge in [-0.25, -0.2) is 4.79 Å². The molecule has 0 bridgehead atoms. The van der Waals surface area contributed by atoms with Crippen LogP contribution in [0, 0.1) is 0 Å². The van der Waals surface area contributed by atoms with E-state index in [0.717, 1.165) is 38.9 Å². The van der Waals surface area contributed by atoms with E-state index in [2.05, 4.69) is 0 Å². The highest BCUT2D eigenvalue weighted by atomic mass is 16.2. The van der Waals surface area contributed by atoms with Crippen LogP contribution < -0.4 is 5.73 Å².